The minimum atomic E-state index is 0.767. The number of hydrogen-bond donors (Lipinski definition) is 1. The Morgan fingerprint density at radius 2 is 2.00 bits per heavy atom. The van der Waals surface area contributed by atoms with Crippen LogP contribution in [0, 0.1) is 0 Å². The summed E-state index contributed by atoms with van der Waals surface area (Å²) in [6.45, 7) is 3.38. The van der Waals surface area contributed by atoms with Crippen molar-refractivity contribution in [2.45, 2.75) is 25.3 Å². The highest BCUT2D eigenvalue weighted by atomic mass is 15.0. The SMILES string of the molecule is CN(C)Cc1cccc(C2CCNCC2)c1. The summed E-state index contributed by atoms with van der Waals surface area (Å²) >= 11 is 0. The zero-order valence-corrected chi connectivity index (χ0v) is 10.4. The van der Waals surface area contributed by atoms with Gasteiger partial charge in [0.25, 0.3) is 0 Å². The van der Waals surface area contributed by atoms with Gasteiger partial charge in [-0.2, -0.15) is 0 Å². The molecule has 2 rings (SSSR count). The van der Waals surface area contributed by atoms with E-state index < -0.39 is 0 Å². The van der Waals surface area contributed by atoms with Crippen LogP contribution in [0.15, 0.2) is 24.3 Å². The molecule has 0 unspecified atom stereocenters. The molecule has 1 heterocycles. The third-order valence-corrected chi connectivity index (χ3v) is 3.26. The van der Waals surface area contributed by atoms with Crippen molar-refractivity contribution >= 4 is 0 Å². The standard InChI is InChI=1S/C14H22N2/c1-16(2)11-12-4-3-5-14(10-12)13-6-8-15-9-7-13/h3-5,10,13,15H,6-9,11H2,1-2H3. The summed E-state index contributed by atoms with van der Waals surface area (Å²) < 4.78 is 0. The quantitative estimate of drug-likeness (QED) is 0.837. The molecule has 0 aliphatic carbocycles. The molecule has 2 heteroatoms. The number of nitrogens with zero attached hydrogens (tertiary/aromatic N) is 1. The first-order chi connectivity index (χ1) is 7.75. The number of nitrogens with one attached hydrogen (secondary N) is 1. The smallest absolute Gasteiger partial charge is 0.0227 e. The van der Waals surface area contributed by atoms with Crippen molar-refractivity contribution < 1.29 is 0 Å². The molecule has 1 saturated heterocycles. The average molecular weight is 218 g/mol. The molecule has 1 aliphatic heterocycles. The zero-order chi connectivity index (χ0) is 11.4. The highest BCUT2D eigenvalue weighted by Crippen LogP contribution is 2.25. The van der Waals surface area contributed by atoms with Crippen molar-refractivity contribution in [3.63, 3.8) is 0 Å². The molecule has 1 N–H and O–H groups in total. The molecule has 1 aromatic carbocycles. The van der Waals surface area contributed by atoms with Crippen LogP contribution in [0.1, 0.15) is 29.9 Å². The topological polar surface area (TPSA) is 15.3 Å². The number of piperidine rings is 1. The third-order valence-electron chi connectivity index (χ3n) is 3.26. The van der Waals surface area contributed by atoms with Crippen molar-refractivity contribution in [2.75, 3.05) is 27.2 Å². The summed E-state index contributed by atoms with van der Waals surface area (Å²) in [6, 6.07) is 9.10. The fourth-order valence-electron chi connectivity index (χ4n) is 2.47. The Kier molecular flexibility index (Phi) is 3.97. The number of benzene rings is 1. The second-order valence-electron chi connectivity index (χ2n) is 5.01. The van der Waals surface area contributed by atoms with Gasteiger partial charge in [-0.05, 0) is 57.1 Å². The summed E-state index contributed by atoms with van der Waals surface area (Å²) in [5, 5.41) is 3.42. The predicted octanol–water partition coefficient (Wildman–Crippen LogP) is 2.22. The van der Waals surface area contributed by atoms with Gasteiger partial charge in [0.2, 0.25) is 0 Å². The van der Waals surface area contributed by atoms with Gasteiger partial charge in [-0.15, -0.1) is 0 Å². The van der Waals surface area contributed by atoms with Gasteiger partial charge in [0, 0.05) is 6.54 Å². The predicted molar refractivity (Wildman–Crippen MR) is 68.7 cm³/mol. The van der Waals surface area contributed by atoms with Gasteiger partial charge in [0.15, 0.2) is 0 Å². The zero-order valence-electron chi connectivity index (χ0n) is 10.4. The van der Waals surface area contributed by atoms with E-state index in [1.807, 2.05) is 0 Å². The summed E-state index contributed by atoms with van der Waals surface area (Å²) in [7, 11) is 4.24. The average Bonchev–Trinajstić information content (AvgIpc) is 2.30. The molecule has 1 aromatic rings. The van der Waals surface area contributed by atoms with E-state index >= 15 is 0 Å². The Morgan fingerprint density at radius 1 is 1.25 bits per heavy atom. The van der Waals surface area contributed by atoms with Crippen molar-refractivity contribution in [1.29, 1.82) is 0 Å². The summed E-state index contributed by atoms with van der Waals surface area (Å²) in [5.74, 6) is 0.767. The van der Waals surface area contributed by atoms with Crippen LogP contribution in [0.2, 0.25) is 0 Å². The maximum absolute atomic E-state index is 3.42. The highest BCUT2D eigenvalue weighted by Gasteiger charge is 2.15. The lowest BCUT2D eigenvalue weighted by Crippen LogP contribution is -2.26. The molecule has 88 valence electrons. The first-order valence-electron chi connectivity index (χ1n) is 6.20. The molecule has 0 radical (unpaired) electrons. The monoisotopic (exact) mass is 218 g/mol. The molecule has 0 aromatic heterocycles. The summed E-state index contributed by atoms with van der Waals surface area (Å²) in [5.41, 5.74) is 2.96. The normalized spacial score (nSPS) is 17.9. The van der Waals surface area contributed by atoms with E-state index in [4.69, 9.17) is 0 Å². The first kappa shape index (κ1) is 11.6. The van der Waals surface area contributed by atoms with E-state index in [1.165, 1.54) is 37.1 Å². The van der Waals surface area contributed by atoms with Crippen LogP contribution < -0.4 is 5.32 Å². The molecule has 0 bridgehead atoms. The minimum absolute atomic E-state index is 0.767. The molecular weight excluding hydrogens is 196 g/mol. The molecule has 0 saturated carbocycles. The van der Waals surface area contributed by atoms with Crippen LogP contribution in [-0.2, 0) is 6.54 Å². The number of hydrogen-bond acceptors (Lipinski definition) is 2. The van der Waals surface area contributed by atoms with E-state index in [0.29, 0.717) is 0 Å². The van der Waals surface area contributed by atoms with Crippen LogP contribution in [0.5, 0.6) is 0 Å². The van der Waals surface area contributed by atoms with Crippen LogP contribution in [0.3, 0.4) is 0 Å². The fourth-order valence-corrected chi connectivity index (χ4v) is 2.47. The van der Waals surface area contributed by atoms with E-state index in [0.717, 1.165) is 12.5 Å². The summed E-state index contributed by atoms with van der Waals surface area (Å²) in [6.07, 6.45) is 2.57. The lowest BCUT2D eigenvalue weighted by atomic mass is 9.89. The molecule has 0 atom stereocenters. The second kappa shape index (κ2) is 5.46. The molecule has 16 heavy (non-hydrogen) atoms. The van der Waals surface area contributed by atoms with Gasteiger partial charge < -0.3 is 10.2 Å². The maximum atomic E-state index is 3.42. The lowest BCUT2D eigenvalue weighted by Gasteiger charge is -2.23. The van der Waals surface area contributed by atoms with E-state index in [2.05, 4.69) is 48.6 Å². The molecule has 0 spiro atoms. The van der Waals surface area contributed by atoms with E-state index in [9.17, 15) is 0 Å². The highest BCUT2D eigenvalue weighted by molar-refractivity contribution is 5.26. The lowest BCUT2D eigenvalue weighted by molar-refractivity contribution is 0.401. The fraction of sp³-hybridized carbons (Fsp3) is 0.571. The van der Waals surface area contributed by atoms with Crippen LogP contribution in [-0.4, -0.2) is 32.1 Å². The Labute approximate surface area is 98.7 Å². The Morgan fingerprint density at radius 3 is 2.69 bits per heavy atom. The molecule has 1 aliphatic rings. The van der Waals surface area contributed by atoms with Crippen molar-refractivity contribution in [2.24, 2.45) is 0 Å². The van der Waals surface area contributed by atoms with E-state index in [-0.39, 0.29) is 0 Å². The molecular formula is C14H22N2. The van der Waals surface area contributed by atoms with Crippen molar-refractivity contribution in [1.82, 2.24) is 10.2 Å². The van der Waals surface area contributed by atoms with Gasteiger partial charge in [0.1, 0.15) is 0 Å². The van der Waals surface area contributed by atoms with Crippen molar-refractivity contribution in [3.8, 4) is 0 Å². The van der Waals surface area contributed by atoms with Crippen molar-refractivity contribution in [3.05, 3.63) is 35.4 Å². The Bertz CT molecular complexity index is 327. The van der Waals surface area contributed by atoms with Crippen LogP contribution in [0.25, 0.3) is 0 Å². The third kappa shape index (κ3) is 3.06. The largest absolute Gasteiger partial charge is 0.317 e. The maximum Gasteiger partial charge on any atom is 0.0227 e. The molecule has 1 fully saturated rings. The minimum Gasteiger partial charge on any atom is -0.317 e. The summed E-state index contributed by atoms with van der Waals surface area (Å²) in [4.78, 5) is 2.22. The first-order valence-corrected chi connectivity index (χ1v) is 6.20. The van der Waals surface area contributed by atoms with Gasteiger partial charge in [-0.3, -0.25) is 0 Å². The molecule has 0 amide bonds. The van der Waals surface area contributed by atoms with Crippen LogP contribution >= 0.6 is 0 Å². The van der Waals surface area contributed by atoms with Gasteiger partial charge in [-0.25, -0.2) is 0 Å². The Hall–Kier alpha value is -0.860. The number of rotatable bonds is 3. The Balaban J connectivity index is 2.08. The van der Waals surface area contributed by atoms with Gasteiger partial charge in [-0.1, -0.05) is 24.3 Å². The second-order valence-corrected chi connectivity index (χ2v) is 5.01. The van der Waals surface area contributed by atoms with E-state index in [1.54, 1.807) is 0 Å². The van der Waals surface area contributed by atoms with Gasteiger partial charge >= 0.3 is 0 Å². The van der Waals surface area contributed by atoms with Crippen LogP contribution in [0.4, 0.5) is 0 Å². The molecule has 2 nitrogen and oxygen atoms in total. The van der Waals surface area contributed by atoms with Gasteiger partial charge in [0.05, 0.1) is 0 Å².